The Kier molecular flexibility index (Phi) is 6.74. The first-order valence-electron chi connectivity index (χ1n) is 10.1. The molecule has 0 aliphatic heterocycles. The van der Waals surface area contributed by atoms with E-state index < -0.39 is 17.2 Å². The molecule has 0 aliphatic rings. The summed E-state index contributed by atoms with van der Waals surface area (Å²) in [6, 6.07) is 18.3. The zero-order valence-electron chi connectivity index (χ0n) is 17.9. The number of hydrogen-bond donors (Lipinski definition) is 2. The highest BCUT2D eigenvalue weighted by atomic mass is 35.5. The molecule has 4 rings (SSSR count). The molecule has 1 heterocycles. The van der Waals surface area contributed by atoms with Gasteiger partial charge in [-0.05, 0) is 48.5 Å². The predicted octanol–water partition coefficient (Wildman–Crippen LogP) is 3.25. The standard InChI is InChI=1S/C24H19ClN4O5/c1-33-20-8-4-5-15(22(20)34-14-21(30)27-17-11-9-16(25)10-12-17)13-26-29-23(31)18-6-2-3-7-19(18)28-24(29)32/h2-13H,14H2,1H3,(H,27,30)(H,28,32). The van der Waals surface area contributed by atoms with E-state index in [4.69, 9.17) is 21.1 Å². The number of amides is 1. The van der Waals surface area contributed by atoms with Crippen molar-refractivity contribution in [2.75, 3.05) is 19.0 Å². The van der Waals surface area contributed by atoms with Crippen molar-refractivity contribution in [2.45, 2.75) is 0 Å². The molecule has 9 nitrogen and oxygen atoms in total. The number of nitrogens with one attached hydrogen (secondary N) is 2. The Morgan fingerprint density at radius 3 is 2.62 bits per heavy atom. The SMILES string of the molecule is COc1cccc(C=Nn2c(=O)[nH]c3ccccc3c2=O)c1OCC(=O)Nc1ccc(Cl)cc1. The van der Waals surface area contributed by atoms with Crippen LogP contribution in [0.15, 0.2) is 81.4 Å². The molecule has 172 valence electrons. The van der Waals surface area contributed by atoms with Gasteiger partial charge in [-0.25, -0.2) is 4.79 Å². The van der Waals surface area contributed by atoms with Gasteiger partial charge in [0.05, 0.1) is 24.2 Å². The van der Waals surface area contributed by atoms with Gasteiger partial charge in [-0.15, -0.1) is 4.68 Å². The molecule has 0 saturated heterocycles. The van der Waals surface area contributed by atoms with Gasteiger partial charge >= 0.3 is 5.69 Å². The molecule has 0 fully saturated rings. The first-order valence-corrected chi connectivity index (χ1v) is 10.5. The Morgan fingerprint density at radius 1 is 1.09 bits per heavy atom. The summed E-state index contributed by atoms with van der Waals surface area (Å²) in [5.74, 6) is 0.173. The summed E-state index contributed by atoms with van der Waals surface area (Å²) < 4.78 is 11.8. The van der Waals surface area contributed by atoms with Gasteiger partial charge in [-0.2, -0.15) is 5.10 Å². The first-order chi connectivity index (χ1) is 16.5. The number of halogens is 1. The molecular formula is C24H19ClN4O5. The van der Waals surface area contributed by atoms with Crippen molar-refractivity contribution in [1.82, 2.24) is 9.66 Å². The van der Waals surface area contributed by atoms with Crippen molar-refractivity contribution in [2.24, 2.45) is 5.10 Å². The van der Waals surface area contributed by atoms with Crippen LogP contribution >= 0.6 is 11.6 Å². The molecule has 34 heavy (non-hydrogen) atoms. The summed E-state index contributed by atoms with van der Waals surface area (Å²) in [5, 5.41) is 7.62. The van der Waals surface area contributed by atoms with Crippen LogP contribution in [0.5, 0.6) is 11.5 Å². The Balaban J connectivity index is 1.59. The van der Waals surface area contributed by atoms with Gasteiger partial charge in [-0.3, -0.25) is 9.59 Å². The fourth-order valence-corrected chi connectivity index (χ4v) is 3.32. The number of aromatic amines is 1. The third-order valence-corrected chi connectivity index (χ3v) is 5.05. The highest BCUT2D eigenvalue weighted by Crippen LogP contribution is 2.30. The van der Waals surface area contributed by atoms with E-state index in [9.17, 15) is 14.4 Å². The maximum absolute atomic E-state index is 12.7. The molecule has 0 saturated carbocycles. The zero-order chi connectivity index (χ0) is 24.1. The zero-order valence-corrected chi connectivity index (χ0v) is 18.7. The molecule has 0 radical (unpaired) electrons. The van der Waals surface area contributed by atoms with Crippen LogP contribution < -0.4 is 26.0 Å². The molecule has 0 aliphatic carbocycles. The normalized spacial score (nSPS) is 11.0. The lowest BCUT2D eigenvalue weighted by Gasteiger charge is -2.13. The quantitative estimate of drug-likeness (QED) is 0.396. The van der Waals surface area contributed by atoms with Crippen LogP contribution in [-0.2, 0) is 4.79 Å². The van der Waals surface area contributed by atoms with Gasteiger partial charge in [0.2, 0.25) is 0 Å². The minimum Gasteiger partial charge on any atom is -0.493 e. The third-order valence-electron chi connectivity index (χ3n) is 4.80. The van der Waals surface area contributed by atoms with Crippen LogP contribution in [0.1, 0.15) is 5.56 Å². The molecule has 0 unspecified atom stereocenters. The molecule has 4 aromatic rings. The summed E-state index contributed by atoms with van der Waals surface area (Å²) in [4.78, 5) is 40.0. The molecule has 10 heteroatoms. The topological polar surface area (TPSA) is 115 Å². The number of fused-ring (bicyclic) bond motifs is 1. The number of hydrogen-bond acceptors (Lipinski definition) is 6. The minimum absolute atomic E-state index is 0.227. The number of carbonyl (C=O) groups is 1. The number of methoxy groups -OCH3 is 1. The van der Waals surface area contributed by atoms with Crippen LogP contribution in [0.2, 0.25) is 5.02 Å². The molecule has 1 amide bonds. The van der Waals surface area contributed by atoms with Crippen LogP contribution in [0.25, 0.3) is 10.9 Å². The lowest BCUT2D eigenvalue weighted by Crippen LogP contribution is -2.32. The number of H-pyrrole nitrogens is 1. The number of aromatic nitrogens is 2. The fraction of sp³-hybridized carbons (Fsp3) is 0.0833. The number of anilines is 1. The summed E-state index contributed by atoms with van der Waals surface area (Å²) >= 11 is 5.86. The van der Waals surface area contributed by atoms with Crippen LogP contribution in [0.3, 0.4) is 0 Å². The van der Waals surface area contributed by atoms with E-state index in [2.05, 4.69) is 15.4 Å². The molecular weight excluding hydrogens is 460 g/mol. The maximum atomic E-state index is 12.7. The molecule has 2 N–H and O–H groups in total. The summed E-state index contributed by atoms with van der Waals surface area (Å²) in [7, 11) is 1.45. The predicted molar refractivity (Wildman–Crippen MR) is 130 cm³/mol. The van der Waals surface area contributed by atoms with Gasteiger partial charge < -0.3 is 19.8 Å². The van der Waals surface area contributed by atoms with Gasteiger partial charge in [0, 0.05) is 16.3 Å². The van der Waals surface area contributed by atoms with E-state index in [0.717, 1.165) is 4.68 Å². The largest absolute Gasteiger partial charge is 0.493 e. The maximum Gasteiger partial charge on any atom is 0.349 e. The minimum atomic E-state index is -0.687. The molecule has 0 spiro atoms. The summed E-state index contributed by atoms with van der Waals surface area (Å²) in [6.07, 6.45) is 1.29. The van der Waals surface area contributed by atoms with Gasteiger partial charge in [0.15, 0.2) is 18.1 Å². The second kappa shape index (κ2) is 10.1. The van der Waals surface area contributed by atoms with E-state index >= 15 is 0 Å². The van der Waals surface area contributed by atoms with Crippen molar-refractivity contribution < 1.29 is 14.3 Å². The van der Waals surface area contributed by atoms with Gasteiger partial charge in [0.1, 0.15) is 0 Å². The Bertz CT molecular complexity index is 1490. The fourth-order valence-electron chi connectivity index (χ4n) is 3.20. The van der Waals surface area contributed by atoms with Crippen molar-refractivity contribution in [3.05, 3.63) is 98.2 Å². The highest BCUT2D eigenvalue weighted by molar-refractivity contribution is 6.30. The van der Waals surface area contributed by atoms with Crippen molar-refractivity contribution in [1.29, 1.82) is 0 Å². The first kappa shape index (κ1) is 22.8. The lowest BCUT2D eigenvalue weighted by atomic mass is 10.2. The van der Waals surface area contributed by atoms with Crippen molar-refractivity contribution >= 4 is 40.3 Å². The van der Waals surface area contributed by atoms with Gasteiger partial charge in [-0.1, -0.05) is 29.8 Å². The number of benzene rings is 3. The number of rotatable bonds is 7. The Hall–Kier alpha value is -4.37. The summed E-state index contributed by atoms with van der Waals surface area (Å²) in [5.41, 5.74) is 0.129. The van der Waals surface area contributed by atoms with E-state index in [1.165, 1.54) is 13.3 Å². The molecule has 0 bridgehead atoms. The number of nitrogens with zero attached hydrogens (tertiary/aromatic N) is 2. The Morgan fingerprint density at radius 2 is 1.85 bits per heavy atom. The number of carbonyl (C=O) groups excluding carboxylic acids is 1. The van der Waals surface area contributed by atoms with E-state index in [1.807, 2.05) is 0 Å². The van der Waals surface area contributed by atoms with E-state index in [-0.39, 0.29) is 12.4 Å². The second-order valence-electron chi connectivity index (χ2n) is 7.06. The van der Waals surface area contributed by atoms with Crippen molar-refractivity contribution in [3.8, 4) is 11.5 Å². The molecule has 0 atom stereocenters. The third kappa shape index (κ3) is 5.00. The number of para-hydroxylation sites is 2. The monoisotopic (exact) mass is 478 g/mol. The van der Waals surface area contributed by atoms with Crippen LogP contribution in [0, 0.1) is 0 Å². The molecule has 1 aromatic heterocycles. The number of ether oxygens (including phenoxy) is 2. The second-order valence-corrected chi connectivity index (χ2v) is 7.50. The van der Waals surface area contributed by atoms with E-state index in [1.54, 1.807) is 66.7 Å². The highest BCUT2D eigenvalue weighted by Gasteiger charge is 2.13. The van der Waals surface area contributed by atoms with E-state index in [0.29, 0.717) is 32.9 Å². The average Bonchev–Trinajstić information content (AvgIpc) is 2.84. The van der Waals surface area contributed by atoms with Crippen LogP contribution in [0.4, 0.5) is 5.69 Å². The smallest absolute Gasteiger partial charge is 0.349 e. The van der Waals surface area contributed by atoms with Gasteiger partial charge in [0.25, 0.3) is 11.5 Å². The average molecular weight is 479 g/mol. The van der Waals surface area contributed by atoms with Crippen molar-refractivity contribution in [3.63, 3.8) is 0 Å². The summed E-state index contributed by atoms with van der Waals surface area (Å²) in [6.45, 7) is -0.319. The molecule has 3 aromatic carbocycles. The van der Waals surface area contributed by atoms with Crippen LogP contribution in [-0.4, -0.2) is 35.5 Å². The lowest BCUT2D eigenvalue weighted by molar-refractivity contribution is -0.118. The Labute approximate surface area is 198 Å².